The number of allylic oxidation sites excluding steroid dienone is 1. The van der Waals surface area contributed by atoms with E-state index in [0.29, 0.717) is 16.8 Å². The van der Waals surface area contributed by atoms with Crippen LogP contribution in [-0.2, 0) is 0 Å². The van der Waals surface area contributed by atoms with Gasteiger partial charge in [0.25, 0.3) is 0 Å². The summed E-state index contributed by atoms with van der Waals surface area (Å²) in [7, 11) is 1.60. The molecule has 1 N–H and O–H groups in total. The summed E-state index contributed by atoms with van der Waals surface area (Å²) in [5, 5.41) is 10.5. The lowest BCUT2D eigenvalue weighted by molar-refractivity contribution is 0.103. The van der Waals surface area contributed by atoms with Gasteiger partial charge in [-0.1, -0.05) is 60.7 Å². The van der Waals surface area contributed by atoms with Crippen LogP contribution in [0.1, 0.15) is 22.8 Å². The molecule has 0 spiro atoms. The van der Waals surface area contributed by atoms with Gasteiger partial charge in [0.1, 0.15) is 5.76 Å². The normalized spacial score (nSPS) is 12.8. The van der Waals surface area contributed by atoms with Gasteiger partial charge in [0, 0.05) is 23.9 Å². The predicted octanol–water partition coefficient (Wildman–Crippen LogP) is 3.93. The predicted molar refractivity (Wildman–Crippen MR) is 85.8 cm³/mol. The molecular formula is C18H17NO2. The zero-order valence-corrected chi connectivity index (χ0v) is 12.1. The van der Waals surface area contributed by atoms with Crippen LogP contribution in [0.2, 0.25) is 0 Å². The average molecular weight is 279 g/mol. The van der Waals surface area contributed by atoms with E-state index in [2.05, 4.69) is 4.99 Å². The van der Waals surface area contributed by atoms with E-state index in [1.165, 1.54) is 0 Å². The van der Waals surface area contributed by atoms with Crippen LogP contribution in [0.15, 0.2) is 71.2 Å². The second-order valence-electron chi connectivity index (χ2n) is 4.59. The molecule has 0 heterocycles. The topological polar surface area (TPSA) is 49.7 Å². The highest BCUT2D eigenvalue weighted by atomic mass is 16.3. The van der Waals surface area contributed by atoms with Gasteiger partial charge >= 0.3 is 0 Å². The van der Waals surface area contributed by atoms with Gasteiger partial charge in [-0.15, -0.1) is 0 Å². The second-order valence-corrected chi connectivity index (χ2v) is 4.59. The summed E-state index contributed by atoms with van der Waals surface area (Å²) in [6.07, 6.45) is 0. The van der Waals surface area contributed by atoms with Gasteiger partial charge in [0.2, 0.25) is 0 Å². The van der Waals surface area contributed by atoms with Gasteiger partial charge in [-0.05, 0) is 6.92 Å². The van der Waals surface area contributed by atoms with E-state index in [0.717, 1.165) is 0 Å². The number of nitrogens with zero attached hydrogens (tertiary/aromatic N) is 1. The lowest BCUT2D eigenvalue weighted by Gasteiger charge is -2.10. The van der Waals surface area contributed by atoms with Crippen molar-refractivity contribution in [3.8, 4) is 0 Å². The smallest absolute Gasteiger partial charge is 0.198 e. The molecule has 2 rings (SSSR count). The molecule has 0 fully saturated rings. The maximum Gasteiger partial charge on any atom is 0.198 e. The Morgan fingerprint density at radius 1 is 0.905 bits per heavy atom. The Hall–Kier alpha value is -2.68. The molecule has 0 aliphatic carbocycles. The highest BCUT2D eigenvalue weighted by Gasteiger charge is 2.20. The van der Waals surface area contributed by atoms with Gasteiger partial charge < -0.3 is 5.11 Å². The van der Waals surface area contributed by atoms with E-state index >= 15 is 0 Å². The number of hydrogen-bond acceptors (Lipinski definition) is 3. The van der Waals surface area contributed by atoms with E-state index in [1.54, 1.807) is 50.4 Å². The van der Waals surface area contributed by atoms with Crippen LogP contribution >= 0.6 is 0 Å². The summed E-state index contributed by atoms with van der Waals surface area (Å²) in [6.45, 7) is 1.72. The average Bonchev–Trinajstić information content (AvgIpc) is 2.56. The zero-order valence-electron chi connectivity index (χ0n) is 12.1. The Balaban J connectivity index is 2.57. The SMILES string of the molecule is CN=C(C)/C(C(=O)c1ccccc1)=C(\O)c1ccccc1. The van der Waals surface area contributed by atoms with Gasteiger partial charge in [-0.25, -0.2) is 0 Å². The molecule has 2 aromatic rings. The first-order valence-electron chi connectivity index (χ1n) is 6.67. The molecule has 0 aliphatic rings. The fraction of sp³-hybridized carbons (Fsp3) is 0.111. The molecule has 0 unspecified atom stereocenters. The fourth-order valence-electron chi connectivity index (χ4n) is 2.03. The number of aliphatic hydroxyl groups is 1. The van der Waals surface area contributed by atoms with E-state index < -0.39 is 0 Å². The minimum atomic E-state index is -0.236. The van der Waals surface area contributed by atoms with E-state index in [4.69, 9.17) is 0 Å². The number of carbonyl (C=O) groups excluding carboxylic acids is 1. The lowest BCUT2D eigenvalue weighted by atomic mass is 9.96. The van der Waals surface area contributed by atoms with Crippen LogP contribution in [0, 0.1) is 0 Å². The first-order chi connectivity index (χ1) is 10.1. The molecule has 106 valence electrons. The number of aliphatic hydroxyl groups excluding tert-OH is 1. The van der Waals surface area contributed by atoms with Crippen molar-refractivity contribution < 1.29 is 9.90 Å². The van der Waals surface area contributed by atoms with Crippen molar-refractivity contribution in [3.05, 3.63) is 77.4 Å². The summed E-state index contributed by atoms with van der Waals surface area (Å²) < 4.78 is 0. The molecule has 21 heavy (non-hydrogen) atoms. The Morgan fingerprint density at radius 2 is 1.38 bits per heavy atom. The van der Waals surface area contributed by atoms with E-state index in [1.807, 2.05) is 24.3 Å². The van der Waals surface area contributed by atoms with Crippen LogP contribution in [0.5, 0.6) is 0 Å². The van der Waals surface area contributed by atoms with Crippen molar-refractivity contribution >= 4 is 17.3 Å². The van der Waals surface area contributed by atoms with Crippen LogP contribution in [-0.4, -0.2) is 23.6 Å². The van der Waals surface area contributed by atoms with Crippen molar-refractivity contribution in [3.63, 3.8) is 0 Å². The number of hydrogen-bond donors (Lipinski definition) is 1. The molecular weight excluding hydrogens is 262 g/mol. The van der Waals surface area contributed by atoms with Crippen LogP contribution in [0.3, 0.4) is 0 Å². The lowest BCUT2D eigenvalue weighted by Crippen LogP contribution is -2.13. The molecule has 3 heteroatoms. The Labute approximate surface area is 124 Å². The van der Waals surface area contributed by atoms with Gasteiger partial charge in [-0.2, -0.15) is 0 Å². The quantitative estimate of drug-likeness (QED) is 0.399. The number of benzene rings is 2. The molecule has 0 radical (unpaired) electrons. The molecule has 2 aromatic carbocycles. The van der Waals surface area contributed by atoms with Crippen molar-refractivity contribution in [1.82, 2.24) is 0 Å². The first-order valence-corrected chi connectivity index (χ1v) is 6.67. The summed E-state index contributed by atoms with van der Waals surface area (Å²) >= 11 is 0. The molecule has 0 saturated heterocycles. The van der Waals surface area contributed by atoms with Crippen molar-refractivity contribution in [2.45, 2.75) is 6.92 Å². The fourth-order valence-corrected chi connectivity index (χ4v) is 2.03. The summed E-state index contributed by atoms with van der Waals surface area (Å²) in [6, 6.07) is 17.9. The van der Waals surface area contributed by atoms with Crippen molar-refractivity contribution in [2.75, 3.05) is 7.05 Å². The van der Waals surface area contributed by atoms with E-state index in [-0.39, 0.29) is 17.1 Å². The Morgan fingerprint density at radius 3 is 1.86 bits per heavy atom. The minimum absolute atomic E-state index is 0.0486. The monoisotopic (exact) mass is 279 g/mol. The highest BCUT2D eigenvalue weighted by Crippen LogP contribution is 2.20. The third kappa shape index (κ3) is 3.26. The number of carbonyl (C=O) groups is 1. The van der Waals surface area contributed by atoms with Crippen LogP contribution in [0.25, 0.3) is 5.76 Å². The molecule has 0 aromatic heterocycles. The molecule has 0 bridgehead atoms. The molecule has 0 saturated carbocycles. The van der Waals surface area contributed by atoms with Crippen LogP contribution < -0.4 is 0 Å². The van der Waals surface area contributed by atoms with Gasteiger partial charge in [0.05, 0.1) is 5.57 Å². The summed E-state index contributed by atoms with van der Waals surface area (Å²) in [4.78, 5) is 16.7. The molecule has 0 aliphatic heterocycles. The Kier molecular flexibility index (Phi) is 4.67. The van der Waals surface area contributed by atoms with Crippen LogP contribution in [0.4, 0.5) is 0 Å². The highest BCUT2D eigenvalue weighted by molar-refractivity contribution is 6.30. The molecule has 3 nitrogen and oxygen atoms in total. The molecule has 0 amide bonds. The third-order valence-corrected chi connectivity index (χ3v) is 3.24. The third-order valence-electron chi connectivity index (χ3n) is 3.24. The number of ketones is 1. The maximum atomic E-state index is 12.7. The first kappa shape index (κ1) is 14.7. The largest absolute Gasteiger partial charge is 0.506 e. The Bertz CT molecular complexity index is 686. The maximum absolute atomic E-state index is 12.7. The van der Waals surface area contributed by atoms with Crippen molar-refractivity contribution in [1.29, 1.82) is 0 Å². The number of rotatable bonds is 4. The van der Waals surface area contributed by atoms with Gasteiger partial charge in [-0.3, -0.25) is 9.79 Å². The van der Waals surface area contributed by atoms with E-state index in [9.17, 15) is 9.90 Å². The van der Waals surface area contributed by atoms with Gasteiger partial charge in [0.15, 0.2) is 5.78 Å². The second kappa shape index (κ2) is 6.66. The molecule has 0 atom stereocenters. The summed E-state index contributed by atoms with van der Waals surface area (Å²) in [5.41, 5.74) is 1.86. The summed E-state index contributed by atoms with van der Waals surface area (Å²) in [5.74, 6) is -0.285. The number of Topliss-reactive ketones (excluding diaryl/α,β-unsaturated/α-hetero) is 1. The number of aliphatic imine (C=N–C) groups is 1. The standard InChI is InChI=1S/C18H17NO2/c1-13(19-2)16(17(20)14-9-5-3-6-10-14)18(21)15-11-7-4-8-12-15/h3-12,20H,1-2H3/b17-16+,19-13?. The zero-order chi connectivity index (χ0) is 15.2. The minimum Gasteiger partial charge on any atom is -0.506 e. The van der Waals surface area contributed by atoms with Crippen molar-refractivity contribution in [2.24, 2.45) is 4.99 Å².